The number of amidine groups is 2. The van der Waals surface area contributed by atoms with Gasteiger partial charge in [0.1, 0.15) is 0 Å². The van der Waals surface area contributed by atoms with Crippen molar-refractivity contribution in [1.82, 2.24) is 9.58 Å². The summed E-state index contributed by atoms with van der Waals surface area (Å²) in [5.41, 5.74) is 5.10. The van der Waals surface area contributed by atoms with Crippen LogP contribution in [0.5, 0.6) is 0 Å². The van der Waals surface area contributed by atoms with Crippen molar-refractivity contribution in [3.05, 3.63) is 56.8 Å². The van der Waals surface area contributed by atoms with E-state index < -0.39 is 5.91 Å². The van der Waals surface area contributed by atoms with Gasteiger partial charge in [0.15, 0.2) is 11.0 Å². The first kappa shape index (κ1) is 18.0. The molecule has 1 aromatic heterocycles. The van der Waals surface area contributed by atoms with Crippen LogP contribution in [-0.4, -0.2) is 32.0 Å². The third-order valence-electron chi connectivity index (χ3n) is 4.32. The van der Waals surface area contributed by atoms with Crippen molar-refractivity contribution in [1.29, 1.82) is 5.41 Å². The normalized spacial score (nSPS) is 17.7. The Morgan fingerprint density at radius 2 is 2.00 bits per heavy atom. The van der Waals surface area contributed by atoms with Crippen molar-refractivity contribution >= 4 is 63.5 Å². The topological polar surface area (TPSA) is 73.8 Å². The number of hydrogen-bond donors (Lipinski definition) is 1. The van der Waals surface area contributed by atoms with Gasteiger partial charge in [0, 0.05) is 16.4 Å². The number of aromatic nitrogens is 1. The molecule has 1 N–H and O–H groups in total. The number of rotatable bonds is 2. The molecule has 136 valence electrons. The maximum Gasteiger partial charge on any atom is 0.283 e. The number of nitrogens with one attached hydrogen (secondary N) is 1. The number of aliphatic imine (C=N–C) groups is 1. The number of amides is 1. The van der Waals surface area contributed by atoms with E-state index in [1.54, 1.807) is 29.8 Å². The Hall–Kier alpha value is -2.35. The number of thioether (sulfide) groups is 1. The molecule has 4 rings (SSSR count). The van der Waals surface area contributed by atoms with Crippen molar-refractivity contribution in [2.24, 2.45) is 10.1 Å². The number of aryl methyl sites for hydroxylation is 1. The first-order chi connectivity index (χ1) is 12.9. The van der Waals surface area contributed by atoms with Gasteiger partial charge >= 0.3 is 0 Å². The van der Waals surface area contributed by atoms with Gasteiger partial charge in [0.2, 0.25) is 0 Å². The summed E-state index contributed by atoms with van der Waals surface area (Å²) < 4.78 is 1.97. The lowest BCUT2D eigenvalue weighted by molar-refractivity contribution is -0.114. The van der Waals surface area contributed by atoms with Gasteiger partial charge < -0.3 is 4.57 Å². The first-order valence-electron chi connectivity index (χ1n) is 7.94. The molecule has 1 amide bonds. The van der Waals surface area contributed by atoms with Gasteiger partial charge in [0.25, 0.3) is 5.91 Å². The first-order valence-corrected chi connectivity index (χ1v) is 9.57. The second-order valence-corrected chi connectivity index (χ2v) is 7.67. The van der Waals surface area contributed by atoms with Gasteiger partial charge in [-0.3, -0.25) is 10.2 Å². The van der Waals surface area contributed by atoms with Crippen LogP contribution in [0.3, 0.4) is 0 Å². The molecule has 0 radical (unpaired) electrons. The van der Waals surface area contributed by atoms with Gasteiger partial charge in [-0.05, 0) is 61.5 Å². The molecule has 0 spiro atoms. The van der Waals surface area contributed by atoms with Gasteiger partial charge in [0.05, 0.1) is 21.8 Å². The predicted molar refractivity (Wildman–Crippen MR) is 111 cm³/mol. The molecule has 0 saturated heterocycles. The number of nitrogens with zero attached hydrogens (tertiary/aromatic N) is 4. The van der Waals surface area contributed by atoms with E-state index in [0.717, 1.165) is 22.6 Å². The molecule has 2 aromatic rings. The third-order valence-corrected chi connectivity index (χ3v) is 5.55. The van der Waals surface area contributed by atoms with Crippen LogP contribution in [0.2, 0.25) is 10.0 Å². The molecule has 0 aliphatic carbocycles. The van der Waals surface area contributed by atoms with Crippen molar-refractivity contribution in [2.45, 2.75) is 13.8 Å². The maximum absolute atomic E-state index is 12.4. The number of fused-ring (bicyclic) bond motifs is 1. The van der Waals surface area contributed by atoms with Crippen LogP contribution in [0.25, 0.3) is 11.8 Å². The Morgan fingerprint density at radius 3 is 2.78 bits per heavy atom. The van der Waals surface area contributed by atoms with Crippen LogP contribution < -0.4 is 0 Å². The van der Waals surface area contributed by atoms with Crippen molar-refractivity contribution in [3.8, 4) is 5.69 Å². The van der Waals surface area contributed by atoms with E-state index in [-0.39, 0.29) is 11.4 Å². The Morgan fingerprint density at radius 1 is 1.22 bits per heavy atom. The fourth-order valence-corrected chi connectivity index (χ4v) is 4.03. The summed E-state index contributed by atoms with van der Waals surface area (Å²) in [5.74, 6) is -0.438. The van der Waals surface area contributed by atoms with Crippen molar-refractivity contribution in [2.75, 3.05) is 0 Å². The quantitative estimate of drug-likeness (QED) is 0.722. The largest absolute Gasteiger partial charge is 0.316 e. The second-order valence-electron chi connectivity index (χ2n) is 6.01. The summed E-state index contributed by atoms with van der Waals surface area (Å²) >= 11 is 13.7. The van der Waals surface area contributed by atoms with E-state index >= 15 is 0 Å². The zero-order chi connectivity index (χ0) is 19.3. The van der Waals surface area contributed by atoms with Crippen LogP contribution in [0, 0.1) is 19.3 Å². The maximum atomic E-state index is 12.4. The number of carbonyl (C=O) groups excluding carboxylic acids is 1. The zero-order valence-electron chi connectivity index (χ0n) is 14.3. The standard InChI is InChI=1S/C18H13Cl2N5OS/c1-9-5-11(10(2)24(9)15-7-12(19)3-4-14(15)20)6-13-16(21)25-18(23-17(13)26)27-8-22-25/h3-8,21H,1-2H3/b13-6+,21-16?. The summed E-state index contributed by atoms with van der Waals surface area (Å²) in [6.07, 6.45) is 1.67. The summed E-state index contributed by atoms with van der Waals surface area (Å²) in [4.78, 5) is 16.4. The molecule has 9 heteroatoms. The lowest BCUT2D eigenvalue weighted by atomic mass is 10.1. The average molecular weight is 418 g/mol. The van der Waals surface area contributed by atoms with E-state index in [9.17, 15) is 4.79 Å². The molecule has 0 bridgehead atoms. The highest BCUT2D eigenvalue weighted by atomic mass is 35.5. The van der Waals surface area contributed by atoms with E-state index in [1.807, 2.05) is 24.5 Å². The van der Waals surface area contributed by atoms with Crippen LogP contribution >= 0.6 is 35.0 Å². The van der Waals surface area contributed by atoms with Crippen molar-refractivity contribution in [3.63, 3.8) is 0 Å². The fraction of sp³-hybridized carbons (Fsp3) is 0.111. The fourth-order valence-electron chi connectivity index (χ4n) is 3.05. The Kier molecular flexibility index (Phi) is 4.46. The number of hydrazone groups is 1. The van der Waals surface area contributed by atoms with E-state index in [0.29, 0.717) is 15.2 Å². The van der Waals surface area contributed by atoms with E-state index in [1.165, 1.54) is 16.8 Å². The summed E-state index contributed by atoms with van der Waals surface area (Å²) in [7, 11) is 0. The van der Waals surface area contributed by atoms with Crippen molar-refractivity contribution < 1.29 is 4.79 Å². The number of halogens is 2. The zero-order valence-corrected chi connectivity index (χ0v) is 16.7. The minimum Gasteiger partial charge on any atom is -0.316 e. The minimum absolute atomic E-state index is 0.0110. The number of carbonyl (C=O) groups is 1. The van der Waals surface area contributed by atoms with E-state index in [2.05, 4.69) is 10.1 Å². The van der Waals surface area contributed by atoms with Crippen LogP contribution in [0.1, 0.15) is 17.0 Å². The molecule has 6 nitrogen and oxygen atoms in total. The smallest absolute Gasteiger partial charge is 0.283 e. The Balaban J connectivity index is 1.82. The van der Waals surface area contributed by atoms with Crippen LogP contribution in [0.4, 0.5) is 0 Å². The molecule has 0 unspecified atom stereocenters. The third kappa shape index (κ3) is 3.01. The molecule has 0 saturated carbocycles. The number of hydrogen-bond acceptors (Lipinski definition) is 4. The number of benzene rings is 1. The van der Waals surface area contributed by atoms with Gasteiger partial charge in [-0.1, -0.05) is 23.2 Å². The molecule has 0 atom stereocenters. The van der Waals surface area contributed by atoms with Gasteiger partial charge in [-0.15, -0.1) is 0 Å². The van der Waals surface area contributed by atoms with Gasteiger partial charge in [-0.25, -0.2) is 0 Å². The predicted octanol–water partition coefficient (Wildman–Crippen LogP) is 4.65. The molecular weight excluding hydrogens is 405 g/mol. The lowest BCUT2D eigenvalue weighted by Gasteiger charge is -2.20. The molecule has 2 aliphatic heterocycles. The highest BCUT2D eigenvalue weighted by Gasteiger charge is 2.32. The molecule has 1 aromatic carbocycles. The van der Waals surface area contributed by atoms with Crippen LogP contribution in [0.15, 0.2) is 39.9 Å². The average Bonchev–Trinajstić information content (AvgIpc) is 3.19. The summed E-state index contributed by atoms with van der Waals surface area (Å²) in [5, 5.41) is 15.3. The minimum atomic E-state index is -0.449. The Bertz CT molecular complexity index is 1100. The van der Waals surface area contributed by atoms with Crippen LogP contribution in [-0.2, 0) is 4.79 Å². The SMILES string of the molecule is Cc1cc(/C=C2\C(=N)N3N=CSC3=NC2=O)c(C)n1-c1cc(Cl)ccc1Cl. The second kappa shape index (κ2) is 6.67. The lowest BCUT2D eigenvalue weighted by Crippen LogP contribution is -2.35. The molecule has 2 aliphatic rings. The summed E-state index contributed by atoms with van der Waals surface area (Å²) in [6.45, 7) is 3.87. The molecular formula is C18H13Cl2N5OS. The molecule has 3 heterocycles. The summed E-state index contributed by atoms with van der Waals surface area (Å²) in [6, 6.07) is 7.20. The highest BCUT2D eigenvalue weighted by Crippen LogP contribution is 2.31. The molecule has 0 fully saturated rings. The van der Waals surface area contributed by atoms with Gasteiger partial charge in [-0.2, -0.15) is 15.1 Å². The highest BCUT2D eigenvalue weighted by molar-refractivity contribution is 8.25. The van der Waals surface area contributed by atoms with E-state index in [4.69, 9.17) is 28.6 Å². The monoisotopic (exact) mass is 417 g/mol. The Labute approximate surface area is 169 Å². The molecule has 27 heavy (non-hydrogen) atoms.